The number of hydrogen-bond donors (Lipinski definition) is 0. The van der Waals surface area contributed by atoms with Gasteiger partial charge in [-0.3, -0.25) is 0 Å². The topological polar surface area (TPSA) is 65.7 Å². The Bertz CT molecular complexity index is 655. The minimum atomic E-state index is -0.526. The van der Waals surface area contributed by atoms with Crippen LogP contribution in [0.15, 0.2) is 45.6 Å². The van der Waals surface area contributed by atoms with Crippen LogP contribution in [0, 0.1) is 0 Å². The van der Waals surface area contributed by atoms with E-state index in [0.717, 1.165) is 0 Å². The molecule has 0 aliphatic carbocycles. The molecule has 0 saturated carbocycles. The largest absolute Gasteiger partial charge is 0.497 e. The van der Waals surface area contributed by atoms with Gasteiger partial charge in [-0.05, 0) is 37.3 Å². The van der Waals surface area contributed by atoms with Crippen molar-refractivity contribution in [3.8, 4) is 17.1 Å². The molecular weight excluding hydrogens is 260 g/mol. The second-order valence-electron chi connectivity index (χ2n) is 3.95. The summed E-state index contributed by atoms with van der Waals surface area (Å²) in [7, 11) is 1.56. The third-order valence-corrected chi connectivity index (χ3v) is 2.68. The van der Waals surface area contributed by atoms with Gasteiger partial charge in [-0.25, -0.2) is 9.59 Å². The average Bonchev–Trinajstić information content (AvgIpc) is 2.47. The van der Waals surface area contributed by atoms with E-state index in [-0.39, 0.29) is 17.9 Å². The van der Waals surface area contributed by atoms with Gasteiger partial charge in [0, 0.05) is 11.6 Å². The Balaban J connectivity index is 2.50. The molecule has 0 atom stereocenters. The Hall–Kier alpha value is -2.56. The lowest BCUT2D eigenvalue weighted by molar-refractivity contribution is 0.0525. The van der Waals surface area contributed by atoms with E-state index in [1.165, 1.54) is 12.1 Å². The van der Waals surface area contributed by atoms with Crippen LogP contribution < -0.4 is 10.4 Å². The van der Waals surface area contributed by atoms with E-state index < -0.39 is 11.6 Å². The molecule has 0 spiro atoms. The molecule has 5 nitrogen and oxygen atoms in total. The van der Waals surface area contributed by atoms with E-state index in [9.17, 15) is 9.59 Å². The Morgan fingerprint density at radius 2 is 1.85 bits per heavy atom. The number of rotatable bonds is 4. The van der Waals surface area contributed by atoms with Gasteiger partial charge in [0.2, 0.25) is 0 Å². The van der Waals surface area contributed by atoms with E-state index >= 15 is 0 Å². The third-order valence-electron chi connectivity index (χ3n) is 2.68. The molecule has 0 amide bonds. The quantitative estimate of drug-likeness (QED) is 0.801. The van der Waals surface area contributed by atoms with Crippen molar-refractivity contribution in [2.75, 3.05) is 13.7 Å². The summed E-state index contributed by atoms with van der Waals surface area (Å²) in [6.07, 6.45) is 0. The van der Waals surface area contributed by atoms with Crippen molar-refractivity contribution in [2.24, 2.45) is 0 Å². The summed E-state index contributed by atoms with van der Waals surface area (Å²) >= 11 is 0. The maximum atomic E-state index is 11.9. The molecule has 0 saturated heterocycles. The molecule has 0 unspecified atom stereocenters. The van der Waals surface area contributed by atoms with Gasteiger partial charge in [-0.15, -0.1) is 0 Å². The molecule has 0 fully saturated rings. The van der Waals surface area contributed by atoms with Gasteiger partial charge in [-0.1, -0.05) is 0 Å². The zero-order chi connectivity index (χ0) is 14.5. The van der Waals surface area contributed by atoms with Crippen LogP contribution in [0.1, 0.15) is 17.3 Å². The monoisotopic (exact) mass is 274 g/mol. The fourth-order valence-corrected chi connectivity index (χ4v) is 1.74. The minimum Gasteiger partial charge on any atom is -0.497 e. The first-order chi connectivity index (χ1) is 9.65. The number of methoxy groups -OCH3 is 1. The van der Waals surface area contributed by atoms with E-state index in [4.69, 9.17) is 13.9 Å². The van der Waals surface area contributed by atoms with E-state index in [2.05, 4.69) is 0 Å². The standard InChI is InChI=1S/C15H14O5/c1-3-19-15(17)12-8-9-13(16)20-14(12)10-4-6-11(18-2)7-5-10/h4-9H,3H2,1-2H3. The smallest absolute Gasteiger partial charge is 0.341 e. The van der Waals surface area contributed by atoms with Crippen molar-refractivity contribution in [1.29, 1.82) is 0 Å². The van der Waals surface area contributed by atoms with E-state index in [0.29, 0.717) is 11.3 Å². The summed E-state index contributed by atoms with van der Waals surface area (Å²) < 4.78 is 15.1. The van der Waals surface area contributed by atoms with Crippen molar-refractivity contribution in [3.63, 3.8) is 0 Å². The summed E-state index contributed by atoms with van der Waals surface area (Å²) in [6, 6.07) is 9.46. The van der Waals surface area contributed by atoms with Gasteiger partial charge in [0.25, 0.3) is 0 Å². The minimum absolute atomic E-state index is 0.193. The van der Waals surface area contributed by atoms with Crippen LogP contribution in [0.3, 0.4) is 0 Å². The molecule has 0 bridgehead atoms. The Morgan fingerprint density at radius 3 is 2.45 bits per heavy atom. The second kappa shape index (κ2) is 6.06. The lowest BCUT2D eigenvalue weighted by Crippen LogP contribution is -2.09. The fraction of sp³-hybridized carbons (Fsp3) is 0.200. The highest BCUT2D eigenvalue weighted by Crippen LogP contribution is 2.25. The molecule has 0 aliphatic heterocycles. The molecule has 0 radical (unpaired) electrons. The molecule has 1 aromatic heterocycles. The third kappa shape index (κ3) is 2.88. The molecule has 2 aromatic rings. The summed E-state index contributed by atoms with van der Waals surface area (Å²) in [5.74, 6) is 0.338. The fourth-order valence-electron chi connectivity index (χ4n) is 1.74. The Kier molecular flexibility index (Phi) is 4.20. The number of carbonyl (C=O) groups excluding carboxylic acids is 1. The molecule has 1 aromatic carbocycles. The van der Waals surface area contributed by atoms with Gasteiger partial charge in [0.15, 0.2) is 5.76 Å². The highest BCUT2D eigenvalue weighted by molar-refractivity contribution is 5.95. The zero-order valence-electron chi connectivity index (χ0n) is 11.2. The molecular formula is C15H14O5. The number of carbonyl (C=O) groups is 1. The number of benzene rings is 1. The van der Waals surface area contributed by atoms with Crippen molar-refractivity contribution in [3.05, 3.63) is 52.4 Å². The van der Waals surface area contributed by atoms with Crippen molar-refractivity contribution < 1.29 is 18.7 Å². The van der Waals surface area contributed by atoms with Crippen LogP contribution in [0.4, 0.5) is 0 Å². The van der Waals surface area contributed by atoms with Gasteiger partial charge in [0.05, 0.1) is 13.7 Å². The van der Waals surface area contributed by atoms with Gasteiger partial charge in [0.1, 0.15) is 11.3 Å². The molecule has 104 valence electrons. The highest BCUT2D eigenvalue weighted by atomic mass is 16.5. The lowest BCUT2D eigenvalue weighted by Gasteiger charge is -2.07. The zero-order valence-corrected chi connectivity index (χ0v) is 11.2. The molecule has 20 heavy (non-hydrogen) atoms. The molecule has 2 rings (SSSR count). The summed E-state index contributed by atoms with van der Waals surface area (Å²) in [5, 5.41) is 0. The first kappa shape index (κ1) is 13.9. The molecule has 1 heterocycles. The Labute approximate surface area is 115 Å². The van der Waals surface area contributed by atoms with Crippen molar-refractivity contribution in [1.82, 2.24) is 0 Å². The predicted octanol–water partition coefficient (Wildman–Crippen LogP) is 2.49. The van der Waals surface area contributed by atoms with Gasteiger partial charge in [-0.2, -0.15) is 0 Å². The normalized spacial score (nSPS) is 10.1. The van der Waals surface area contributed by atoms with Crippen molar-refractivity contribution in [2.45, 2.75) is 6.92 Å². The van der Waals surface area contributed by atoms with Crippen LogP contribution in [0.2, 0.25) is 0 Å². The average molecular weight is 274 g/mol. The summed E-state index contributed by atoms with van der Waals surface area (Å²) in [4.78, 5) is 23.2. The maximum Gasteiger partial charge on any atom is 0.341 e. The number of hydrogen-bond acceptors (Lipinski definition) is 5. The van der Waals surface area contributed by atoms with Crippen molar-refractivity contribution >= 4 is 5.97 Å². The van der Waals surface area contributed by atoms with Crippen LogP contribution >= 0.6 is 0 Å². The highest BCUT2D eigenvalue weighted by Gasteiger charge is 2.17. The summed E-state index contributed by atoms with van der Waals surface area (Å²) in [5.41, 5.74) is 0.298. The van der Waals surface area contributed by atoms with Crippen LogP contribution in [0.5, 0.6) is 5.75 Å². The number of ether oxygens (including phenoxy) is 2. The molecule has 0 aliphatic rings. The molecule has 0 N–H and O–H groups in total. The first-order valence-corrected chi connectivity index (χ1v) is 6.11. The first-order valence-electron chi connectivity index (χ1n) is 6.11. The van der Waals surface area contributed by atoms with Gasteiger partial charge >= 0.3 is 11.6 Å². The van der Waals surface area contributed by atoms with Gasteiger partial charge < -0.3 is 13.9 Å². The van der Waals surface area contributed by atoms with Crippen LogP contribution in [0.25, 0.3) is 11.3 Å². The van der Waals surface area contributed by atoms with E-state index in [1.807, 2.05) is 0 Å². The Morgan fingerprint density at radius 1 is 1.15 bits per heavy atom. The SMILES string of the molecule is CCOC(=O)c1ccc(=O)oc1-c1ccc(OC)cc1. The predicted molar refractivity (Wildman–Crippen MR) is 72.9 cm³/mol. The molecule has 5 heteroatoms. The van der Waals surface area contributed by atoms with Crippen LogP contribution in [-0.2, 0) is 4.74 Å². The van der Waals surface area contributed by atoms with Crippen LogP contribution in [-0.4, -0.2) is 19.7 Å². The summed E-state index contributed by atoms with van der Waals surface area (Å²) in [6.45, 7) is 1.96. The number of esters is 1. The second-order valence-corrected chi connectivity index (χ2v) is 3.95. The lowest BCUT2D eigenvalue weighted by atomic mass is 10.1. The van der Waals surface area contributed by atoms with E-state index in [1.54, 1.807) is 38.3 Å². The maximum absolute atomic E-state index is 11.9.